The van der Waals surface area contributed by atoms with Crippen molar-refractivity contribution in [2.45, 2.75) is 39.7 Å². The van der Waals surface area contributed by atoms with Gasteiger partial charge in [0, 0.05) is 11.4 Å². The molecule has 1 aromatic heterocycles. The van der Waals surface area contributed by atoms with Crippen molar-refractivity contribution in [2.24, 2.45) is 7.05 Å². The first-order valence-electron chi connectivity index (χ1n) is 9.45. The summed E-state index contributed by atoms with van der Waals surface area (Å²) in [6.07, 6.45) is 0.544. The van der Waals surface area contributed by atoms with E-state index in [1.165, 1.54) is 7.05 Å². The number of ether oxygens (including phenoxy) is 2. The third kappa shape index (κ3) is 5.19. The Labute approximate surface area is 182 Å². The maximum atomic E-state index is 12.9. The number of nitro groups is 1. The predicted molar refractivity (Wildman–Crippen MR) is 106 cm³/mol. The van der Waals surface area contributed by atoms with Crippen LogP contribution < -0.4 is 5.32 Å². The molecule has 0 saturated heterocycles. The number of nitrogens with one attached hydrogen (secondary N) is 1. The summed E-state index contributed by atoms with van der Waals surface area (Å²) >= 11 is 0. The fraction of sp³-hybridized carbons (Fsp3) is 0.500. The van der Waals surface area contributed by atoms with Crippen LogP contribution in [-0.2, 0) is 30.9 Å². The van der Waals surface area contributed by atoms with Crippen LogP contribution in [0.5, 0.6) is 0 Å². The topological polar surface area (TPSA) is 178 Å². The molecular weight excluding hydrogens is 430 g/mol. The average Bonchev–Trinajstić information content (AvgIpc) is 3.04. The maximum absolute atomic E-state index is 12.9. The van der Waals surface area contributed by atoms with Crippen LogP contribution in [0.3, 0.4) is 0 Å². The molecule has 2 heterocycles. The molecule has 0 saturated carbocycles. The van der Waals surface area contributed by atoms with E-state index >= 15 is 0 Å². The van der Waals surface area contributed by atoms with Crippen molar-refractivity contribution in [3.63, 3.8) is 0 Å². The molecule has 0 amide bonds. The van der Waals surface area contributed by atoms with E-state index in [4.69, 9.17) is 9.47 Å². The van der Waals surface area contributed by atoms with Crippen molar-refractivity contribution < 1.29 is 33.9 Å². The summed E-state index contributed by atoms with van der Waals surface area (Å²) in [5, 5.41) is 23.5. The van der Waals surface area contributed by atoms with Crippen LogP contribution in [0.15, 0.2) is 28.7 Å². The van der Waals surface area contributed by atoms with Gasteiger partial charge in [0.05, 0.1) is 24.3 Å². The zero-order valence-electron chi connectivity index (χ0n) is 18.1. The highest BCUT2D eigenvalue weighted by Crippen LogP contribution is 2.39. The van der Waals surface area contributed by atoms with Crippen LogP contribution in [0.4, 0.5) is 5.82 Å². The SMILES string of the molecule is CC1=C(C(=O)OCCO[N+](=O)[O-])C(c2ncc([N+](=O)[O-])n2C)C(C(=O)OC(C)C)=C(C)N1. The van der Waals surface area contributed by atoms with E-state index in [-0.39, 0.29) is 22.8 Å². The molecule has 1 atom stereocenters. The van der Waals surface area contributed by atoms with Crippen LogP contribution in [-0.4, -0.2) is 50.8 Å². The number of esters is 2. The van der Waals surface area contributed by atoms with Crippen molar-refractivity contribution >= 4 is 17.8 Å². The van der Waals surface area contributed by atoms with Gasteiger partial charge in [-0.05, 0) is 32.6 Å². The van der Waals surface area contributed by atoms with Gasteiger partial charge < -0.3 is 29.7 Å². The van der Waals surface area contributed by atoms with Gasteiger partial charge in [-0.2, -0.15) is 0 Å². The summed E-state index contributed by atoms with van der Waals surface area (Å²) in [5.41, 5.74) is 0.675. The van der Waals surface area contributed by atoms with E-state index in [1.54, 1.807) is 27.7 Å². The summed E-state index contributed by atoms with van der Waals surface area (Å²) in [6, 6.07) is 0. The number of imidazole rings is 1. The normalized spacial score (nSPS) is 16.0. The first-order valence-corrected chi connectivity index (χ1v) is 9.45. The molecule has 1 unspecified atom stereocenters. The van der Waals surface area contributed by atoms with Crippen molar-refractivity contribution in [1.29, 1.82) is 0 Å². The minimum Gasteiger partial charge on any atom is -0.460 e. The second-order valence-corrected chi connectivity index (χ2v) is 7.07. The standard InChI is InChI=1S/C18H23N5O9/c1-9(2)32-18(25)14-11(4)20-10(3)13(17(24)30-6-7-31-23(28)29)15(14)16-19-8-12(21(16)5)22(26)27/h8-9,15,20H,6-7H2,1-5H3. The molecule has 32 heavy (non-hydrogen) atoms. The molecule has 0 fully saturated rings. The smallest absolute Gasteiger partial charge is 0.342 e. The van der Waals surface area contributed by atoms with Crippen LogP contribution >= 0.6 is 0 Å². The zero-order chi connectivity index (χ0) is 24.2. The van der Waals surface area contributed by atoms with Crippen molar-refractivity contribution in [1.82, 2.24) is 14.9 Å². The van der Waals surface area contributed by atoms with Crippen LogP contribution in [0, 0.1) is 20.2 Å². The van der Waals surface area contributed by atoms with Crippen molar-refractivity contribution in [3.05, 3.63) is 54.8 Å². The highest BCUT2D eigenvalue weighted by Gasteiger charge is 2.43. The third-order valence-corrected chi connectivity index (χ3v) is 4.50. The van der Waals surface area contributed by atoms with E-state index in [0.29, 0.717) is 11.4 Å². The van der Waals surface area contributed by atoms with Crippen molar-refractivity contribution in [2.75, 3.05) is 13.2 Å². The van der Waals surface area contributed by atoms with Crippen molar-refractivity contribution in [3.8, 4) is 0 Å². The molecule has 0 aliphatic carbocycles. The number of allylic oxidation sites excluding steroid dienone is 2. The number of aromatic nitrogens is 2. The molecule has 0 spiro atoms. The predicted octanol–water partition coefficient (Wildman–Crippen LogP) is 1.27. The molecular formula is C18H23N5O9. The summed E-state index contributed by atoms with van der Waals surface area (Å²) in [4.78, 5) is 54.9. The Morgan fingerprint density at radius 3 is 2.25 bits per heavy atom. The van der Waals surface area contributed by atoms with Crippen LogP contribution in [0.2, 0.25) is 0 Å². The number of dihydropyridines is 1. The van der Waals surface area contributed by atoms with Gasteiger partial charge in [0.2, 0.25) is 5.82 Å². The molecule has 0 radical (unpaired) electrons. The van der Waals surface area contributed by atoms with E-state index in [1.807, 2.05) is 0 Å². The fourth-order valence-electron chi connectivity index (χ4n) is 3.25. The molecule has 14 heteroatoms. The molecule has 14 nitrogen and oxygen atoms in total. The maximum Gasteiger partial charge on any atom is 0.342 e. The third-order valence-electron chi connectivity index (χ3n) is 4.50. The Kier molecular flexibility index (Phi) is 7.51. The Morgan fingerprint density at radius 2 is 1.75 bits per heavy atom. The molecule has 1 aliphatic rings. The highest BCUT2D eigenvalue weighted by atomic mass is 17.0. The van der Waals surface area contributed by atoms with Gasteiger partial charge in [-0.25, -0.2) is 19.1 Å². The number of hydrogen-bond acceptors (Lipinski definition) is 11. The minimum absolute atomic E-state index is 0.0291. The van der Waals surface area contributed by atoms with E-state index in [9.17, 15) is 29.8 Å². The van der Waals surface area contributed by atoms with Crippen LogP contribution in [0.1, 0.15) is 39.4 Å². The molecule has 1 aliphatic heterocycles. The molecule has 0 aromatic carbocycles. The number of carbonyl (C=O) groups excluding carboxylic acids is 2. The summed E-state index contributed by atoms with van der Waals surface area (Å²) in [7, 11) is 1.38. The quantitative estimate of drug-likeness (QED) is 0.246. The highest BCUT2D eigenvalue weighted by molar-refractivity contribution is 5.99. The largest absolute Gasteiger partial charge is 0.460 e. The summed E-state index contributed by atoms with van der Waals surface area (Å²) in [5.74, 6) is -3.10. The molecule has 1 aromatic rings. The number of carbonyl (C=O) groups is 2. The molecule has 174 valence electrons. The van der Waals surface area contributed by atoms with Crippen LogP contribution in [0.25, 0.3) is 0 Å². The lowest BCUT2D eigenvalue weighted by molar-refractivity contribution is -0.757. The lowest BCUT2D eigenvalue weighted by Gasteiger charge is -2.29. The monoisotopic (exact) mass is 453 g/mol. The number of nitrogens with zero attached hydrogens (tertiary/aromatic N) is 4. The van der Waals surface area contributed by atoms with Gasteiger partial charge in [0.1, 0.15) is 25.3 Å². The Morgan fingerprint density at radius 1 is 1.16 bits per heavy atom. The van der Waals surface area contributed by atoms with E-state index in [0.717, 1.165) is 10.8 Å². The second kappa shape index (κ2) is 9.89. The number of rotatable bonds is 9. The van der Waals surface area contributed by atoms with Gasteiger partial charge in [-0.1, -0.05) is 0 Å². The fourth-order valence-corrected chi connectivity index (χ4v) is 3.25. The Bertz CT molecular complexity index is 1010. The first kappa shape index (κ1) is 24.3. The summed E-state index contributed by atoms with van der Waals surface area (Å²) in [6.45, 7) is 5.53. The van der Waals surface area contributed by atoms with Gasteiger partial charge in [0.25, 0.3) is 5.09 Å². The molecule has 2 rings (SSSR count). The van der Waals surface area contributed by atoms with Gasteiger partial charge >= 0.3 is 17.8 Å². The molecule has 0 bridgehead atoms. The summed E-state index contributed by atoms with van der Waals surface area (Å²) < 4.78 is 11.6. The van der Waals surface area contributed by atoms with Gasteiger partial charge in [-0.15, -0.1) is 10.1 Å². The first-order chi connectivity index (χ1) is 15.0. The second-order valence-electron chi connectivity index (χ2n) is 7.07. The van der Waals surface area contributed by atoms with E-state index in [2.05, 4.69) is 15.1 Å². The van der Waals surface area contributed by atoms with Gasteiger partial charge in [0.15, 0.2) is 0 Å². The van der Waals surface area contributed by atoms with Gasteiger partial charge in [-0.3, -0.25) is 0 Å². The Balaban J connectivity index is 2.53. The minimum atomic E-state index is -1.15. The zero-order valence-corrected chi connectivity index (χ0v) is 18.1. The lowest BCUT2D eigenvalue weighted by atomic mass is 9.84. The Hall–Kier alpha value is -3.97. The number of hydrogen-bond donors (Lipinski definition) is 1. The van der Waals surface area contributed by atoms with E-state index < -0.39 is 47.2 Å². The molecule has 1 N–H and O–H groups in total. The lowest BCUT2D eigenvalue weighted by Crippen LogP contribution is -2.34. The average molecular weight is 453 g/mol.